The van der Waals surface area contributed by atoms with Gasteiger partial charge in [0, 0.05) is 76.7 Å². The minimum atomic E-state index is 0.603. The highest BCUT2D eigenvalue weighted by Gasteiger charge is 2.28. The van der Waals surface area contributed by atoms with Gasteiger partial charge in [-0.05, 0) is 146 Å². The van der Waals surface area contributed by atoms with Crippen molar-refractivity contribution in [1.29, 1.82) is 0 Å². The molecule has 108 heavy (non-hydrogen) atoms. The van der Waals surface area contributed by atoms with Crippen LogP contribution in [0.2, 0.25) is 0 Å². The van der Waals surface area contributed by atoms with Crippen LogP contribution in [0.5, 0.6) is 0 Å². The minimum Gasteiger partial charge on any atom is -0.309 e. The number of aromatic nitrogens is 7. The first-order chi connectivity index (χ1) is 53.6. The van der Waals surface area contributed by atoms with Gasteiger partial charge in [-0.25, -0.2) is 15.0 Å². The second-order valence-corrected chi connectivity index (χ2v) is 28.2. The van der Waals surface area contributed by atoms with Crippen LogP contribution in [0.25, 0.3) is 210 Å². The fourth-order valence-corrected chi connectivity index (χ4v) is 17.2. The molecule has 7 nitrogen and oxygen atoms in total. The average molecular weight is 1370 g/mol. The van der Waals surface area contributed by atoms with Gasteiger partial charge in [0.25, 0.3) is 0 Å². The lowest BCUT2D eigenvalue weighted by molar-refractivity contribution is 0.998. The lowest BCUT2D eigenvalue weighted by Crippen LogP contribution is -2.04. The predicted octanol–water partition coefficient (Wildman–Crippen LogP) is 26.2. The second-order valence-electron chi connectivity index (χ2n) is 28.2. The average Bonchev–Trinajstić information content (AvgIpc) is 1.54. The molecule has 0 aliphatic heterocycles. The van der Waals surface area contributed by atoms with Gasteiger partial charge >= 0.3 is 0 Å². The zero-order valence-electron chi connectivity index (χ0n) is 58.5. The van der Waals surface area contributed by atoms with Crippen molar-refractivity contribution in [3.63, 3.8) is 0 Å². The highest BCUT2D eigenvalue weighted by atomic mass is 15.2. The van der Waals surface area contributed by atoms with E-state index in [4.69, 9.17) is 15.0 Å². The van der Waals surface area contributed by atoms with E-state index in [0.29, 0.717) is 5.95 Å². The highest BCUT2D eigenvalue weighted by molar-refractivity contribution is 6.31. The molecule has 0 spiro atoms. The van der Waals surface area contributed by atoms with Crippen LogP contribution >= 0.6 is 0 Å². The van der Waals surface area contributed by atoms with Crippen molar-refractivity contribution in [3.05, 3.63) is 382 Å². The molecule has 0 radical (unpaired) electrons. The van der Waals surface area contributed by atoms with Crippen molar-refractivity contribution in [1.82, 2.24) is 33.2 Å². The summed E-state index contributed by atoms with van der Waals surface area (Å²) in [5.74, 6) is 0.603. The SMILES string of the molecule is c1ccc(-c2ccc(-c3cc(-c4ccccc4)nc(-n4c5ccc6ccccc6c5c5ccc6c(c7ccccc7n6-c6ccc(-c7cccc(-c8cc(-n9c%10ccccc%10c%10c(-c%11ccc%12ccccc%12c%11)cc%11c%12ccccc%12n(-c%12ccccc%12)c%11c%109)cc(-c9ccccc9)n8)c7)cc6)c54)n3)cc2)cc1. The first-order valence-electron chi connectivity index (χ1n) is 36.9. The molecular formula is C101H63N7. The van der Waals surface area contributed by atoms with E-state index in [0.717, 1.165) is 144 Å². The molecule has 6 heterocycles. The molecule has 0 unspecified atom stereocenters. The number of benzene rings is 16. The molecule has 0 saturated heterocycles. The van der Waals surface area contributed by atoms with Crippen LogP contribution in [0, 0.1) is 0 Å². The monoisotopic (exact) mass is 1370 g/mol. The summed E-state index contributed by atoms with van der Waals surface area (Å²) in [4.78, 5) is 16.8. The smallest absolute Gasteiger partial charge is 0.235 e. The van der Waals surface area contributed by atoms with Crippen molar-refractivity contribution in [2.45, 2.75) is 0 Å². The van der Waals surface area contributed by atoms with E-state index in [9.17, 15) is 0 Å². The largest absolute Gasteiger partial charge is 0.309 e. The topological polar surface area (TPSA) is 58.4 Å². The van der Waals surface area contributed by atoms with Gasteiger partial charge in [0.15, 0.2) is 0 Å². The van der Waals surface area contributed by atoms with E-state index in [1.165, 1.54) is 59.8 Å². The van der Waals surface area contributed by atoms with Gasteiger partial charge in [-0.3, -0.25) is 4.57 Å². The molecule has 7 heteroatoms. The number of pyridine rings is 1. The molecule has 6 aromatic heterocycles. The number of rotatable bonds is 11. The molecule has 0 bridgehead atoms. The Kier molecular flexibility index (Phi) is 13.9. The van der Waals surface area contributed by atoms with Crippen LogP contribution in [-0.4, -0.2) is 33.2 Å². The normalized spacial score (nSPS) is 11.9. The lowest BCUT2D eigenvalue weighted by Gasteiger charge is -2.16. The maximum atomic E-state index is 5.63. The maximum absolute atomic E-state index is 5.63. The molecule has 22 rings (SSSR count). The Balaban J connectivity index is 0.711. The summed E-state index contributed by atoms with van der Waals surface area (Å²) < 4.78 is 9.77. The third-order valence-electron chi connectivity index (χ3n) is 22.1. The van der Waals surface area contributed by atoms with Crippen LogP contribution in [0.3, 0.4) is 0 Å². The zero-order valence-corrected chi connectivity index (χ0v) is 58.5. The van der Waals surface area contributed by atoms with Gasteiger partial charge in [0.1, 0.15) is 0 Å². The van der Waals surface area contributed by atoms with Crippen molar-refractivity contribution in [2.75, 3.05) is 0 Å². The van der Waals surface area contributed by atoms with Crippen molar-refractivity contribution in [3.8, 4) is 101 Å². The van der Waals surface area contributed by atoms with E-state index in [1.807, 2.05) is 0 Å². The summed E-state index contributed by atoms with van der Waals surface area (Å²) in [5, 5.41) is 14.1. The number of hydrogen-bond donors (Lipinski definition) is 0. The number of para-hydroxylation sites is 4. The van der Waals surface area contributed by atoms with Crippen LogP contribution in [0.1, 0.15) is 0 Å². The summed E-state index contributed by atoms with van der Waals surface area (Å²) >= 11 is 0. The number of fused-ring (bicyclic) bond motifs is 17. The molecule has 0 amide bonds. The van der Waals surface area contributed by atoms with Crippen LogP contribution in [0.15, 0.2) is 382 Å². The van der Waals surface area contributed by atoms with Gasteiger partial charge in [0.2, 0.25) is 5.95 Å². The van der Waals surface area contributed by atoms with Crippen molar-refractivity contribution >= 4 is 109 Å². The Morgan fingerprint density at radius 3 is 1.33 bits per heavy atom. The lowest BCUT2D eigenvalue weighted by atomic mass is 9.95. The first-order valence-corrected chi connectivity index (χ1v) is 36.9. The Bertz CT molecular complexity index is 7370. The fraction of sp³-hybridized carbons (Fsp3) is 0. The molecule has 0 fully saturated rings. The Labute approximate surface area is 621 Å². The summed E-state index contributed by atoms with van der Waals surface area (Å²) in [6.07, 6.45) is 0. The van der Waals surface area contributed by atoms with Gasteiger partial charge in [-0.1, -0.05) is 291 Å². The summed E-state index contributed by atoms with van der Waals surface area (Å²) in [6, 6.07) is 139. The molecule has 16 aromatic carbocycles. The van der Waals surface area contributed by atoms with Crippen LogP contribution in [-0.2, 0) is 0 Å². The van der Waals surface area contributed by atoms with Crippen LogP contribution in [0.4, 0.5) is 0 Å². The molecule has 0 saturated carbocycles. The Morgan fingerprint density at radius 1 is 0.176 bits per heavy atom. The molecule has 0 aliphatic carbocycles. The zero-order chi connectivity index (χ0) is 70.9. The first kappa shape index (κ1) is 61.0. The summed E-state index contributed by atoms with van der Waals surface area (Å²) in [5.41, 5.74) is 26.3. The number of hydrogen-bond acceptors (Lipinski definition) is 3. The maximum Gasteiger partial charge on any atom is 0.235 e. The van der Waals surface area contributed by atoms with Gasteiger partial charge < -0.3 is 13.7 Å². The third-order valence-corrected chi connectivity index (χ3v) is 22.1. The molecule has 22 aromatic rings. The summed E-state index contributed by atoms with van der Waals surface area (Å²) in [7, 11) is 0. The second kappa shape index (κ2) is 24.6. The Morgan fingerprint density at radius 2 is 0.630 bits per heavy atom. The van der Waals surface area contributed by atoms with E-state index in [2.05, 4.69) is 400 Å². The predicted molar refractivity (Wildman–Crippen MR) is 450 cm³/mol. The standard InChI is InChI=1S/C101H63N7/c1-5-24-64(25-6-1)66-44-47-71(48-45-66)89-63-88(70-30-9-3-10-31-70)103-101(104-89)108-93-56-52-68-27-15-16-37-79(68)95(93)83-55-57-94-97(98(83)108)82-40-19-21-42-91(82)105(94)77-53-50-67(51-54-77)73-33-23-34-75(59-73)87-61-78(60-86(102-87)69-28-7-2-8-29-69)107-92-43-22-18-39-81(92)96-84(74-49-46-65-26-13-14-32-72(65)58-74)62-85-80-38-17-20-41-90(80)106(99(85)100(96)107)76-35-11-4-12-36-76/h1-63H. The van der Waals surface area contributed by atoms with E-state index in [1.54, 1.807) is 0 Å². The van der Waals surface area contributed by atoms with Crippen LogP contribution < -0.4 is 0 Å². The van der Waals surface area contributed by atoms with Gasteiger partial charge in [-0.2, -0.15) is 0 Å². The Hall–Kier alpha value is -14.5. The van der Waals surface area contributed by atoms with Gasteiger partial charge in [-0.15, -0.1) is 0 Å². The molecule has 0 N–H and O–H groups in total. The molecule has 0 atom stereocenters. The molecule has 502 valence electrons. The van der Waals surface area contributed by atoms with Gasteiger partial charge in [0.05, 0.1) is 72.6 Å². The quantitative estimate of drug-likeness (QED) is 0.130. The highest BCUT2D eigenvalue weighted by Crippen LogP contribution is 2.49. The minimum absolute atomic E-state index is 0.603. The summed E-state index contributed by atoms with van der Waals surface area (Å²) in [6.45, 7) is 0. The molecular weight excluding hydrogens is 1310 g/mol. The van der Waals surface area contributed by atoms with Crippen molar-refractivity contribution < 1.29 is 0 Å². The number of nitrogens with zero attached hydrogens (tertiary/aromatic N) is 7. The van der Waals surface area contributed by atoms with E-state index in [-0.39, 0.29) is 0 Å². The van der Waals surface area contributed by atoms with E-state index < -0.39 is 0 Å². The third kappa shape index (κ3) is 9.72. The van der Waals surface area contributed by atoms with Crippen molar-refractivity contribution in [2.24, 2.45) is 0 Å². The fourth-order valence-electron chi connectivity index (χ4n) is 17.2. The molecule has 0 aliphatic rings. The van der Waals surface area contributed by atoms with E-state index >= 15 is 0 Å².